The molecule has 4 nitrogen and oxygen atoms in total. The van der Waals surface area contributed by atoms with Crippen LogP contribution in [-0.2, 0) is 0 Å². The van der Waals surface area contributed by atoms with Gasteiger partial charge in [0.2, 0.25) is 0 Å². The van der Waals surface area contributed by atoms with Crippen molar-refractivity contribution in [1.82, 2.24) is 0 Å². The molecular formula is C13H21N3O. The summed E-state index contributed by atoms with van der Waals surface area (Å²) in [6.45, 7) is 7.31. The first-order valence-corrected chi connectivity index (χ1v) is 5.93. The van der Waals surface area contributed by atoms with Crippen molar-refractivity contribution in [1.29, 1.82) is 0 Å². The predicted molar refractivity (Wildman–Crippen MR) is 72.1 cm³/mol. The summed E-state index contributed by atoms with van der Waals surface area (Å²) in [7, 11) is 0. The highest BCUT2D eigenvalue weighted by Gasteiger charge is 2.13. The molecule has 4 heteroatoms. The molecule has 1 aromatic rings. The number of anilines is 2. The minimum atomic E-state index is -0.482. The third-order valence-corrected chi connectivity index (χ3v) is 2.72. The maximum Gasteiger partial charge on any atom is 0.250 e. The first-order valence-electron chi connectivity index (χ1n) is 5.93. The molecule has 1 rings (SSSR count). The van der Waals surface area contributed by atoms with E-state index in [0.29, 0.717) is 17.3 Å². The summed E-state index contributed by atoms with van der Waals surface area (Å²) >= 11 is 0. The van der Waals surface area contributed by atoms with Gasteiger partial charge in [0.15, 0.2) is 0 Å². The van der Waals surface area contributed by atoms with Gasteiger partial charge in [-0.05, 0) is 38.5 Å². The minimum absolute atomic E-state index is 0.374. The monoisotopic (exact) mass is 235 g/mol. The molecule has 0 atom stereocenters. The molecule has 1 amide bonds. The number of nitrogens with zero attached hydrogens (tertiary/aromatic N) is 1. The summed E-state index contributed by atoms with van der Waals surface area (Å²) in [5.41, 5.74) is 12.8. The Bertz CT molecular complexity index is 402. The molecule has 0 heterocycles. The number of hydrogen-bond acceptors (Lipinski definition) is 3. The van der Waals surface area contributed by atoms with Gasteiger partial charge in [0.05, 0.1) is 5.56 Å². The van der Waals surface area contributed by atoms with Crippen LogP contribution in [0.2, 0.25) is 0 Å². The normalized spacial score (nSPS) is 10.6. The van der Waals surface area contributed by atoms with Gasteiger partial charge in [-0.3, -0.25) is 4.79 Å². The minimum Gasteiger partial charge on any atom is -0.398 e. The van der Waals surface area contributed by atoms with Crippen LogP contribution < -0.4 is 16.4 Å². The van der Waals surface area contributed by atoms with Gasteiger partial charge in [-0.25, -0.2) is 0 Å². The fourth-order valence-electron chi connectivity index (χ4n) is 1.86. The summed E-state index contributed by atoms with van der Waals surface area (Å²) < 4.78 is 0. The molecular weight excluding hydrogens is 214 g/mol. The second kappa shape index (κ2) is 5.57. The molecule has 0 aliphatic rings. The van der Waals surface area contributed by atoms with Crippen molar-refractivity contribution in [2.75, 3.05) is 17.2 Å². The highest BCUT2D eigenvalue weighted by Crippen LogP contribution is 2.23. The lowest BCUT2D eigenvalue weighted by atomic mass is 10.1. The van der Waals surface area contributed by atoms with Crippen LogP contribution in [0.4, 0.5) is 11.4 Å². The van der Waals surface area contributed by atoms with Crippen LogP contribution in [0.3, 0.4) is 0 Å². The largest absolute Gasteiger partial charge is 0.398 e. The maximum atomic E-state index is 11.2. The van der Waals surface area contributed by atoms with Crippen molar-refractivity contribution >= 4 is 17.3 Å². The second-order valence-corrected chi connectivity index (χ2v) is 4.42. The standard InChI is InChI=1S/C13H21N3O/c1-4-7-16(9(2)3)10-5-6-12(14)11(8-10)13(15)17/h5-6,8-9H,4,7,14H2,1-3H3,(H2,15,17). The van der Waals surface area contributed by atoms with Crippen molar-refractivity contribution < 1.29 is 4.79 Å². The van der Waals surface area contributed by atoms with E-state index in [1.807, 2.05) is 6.07 Å². The Kier molecular flexibility index (Phi) is 4.37. The molecule has 0 spiro atoms. The zero-order valence-electron chi connectivity index (χ0n) is 10.7. The van der Waals surface area contributed by atoms with Crippen molar-refractivity contribution in [3.05, 3.63) is 23.8 Å². The lowest BCUT2D eigenvalue weighted by molar-refractivity contribution is 0.100. The van der Waals surface area contributed by atoms with E-state index in [1.54, 1.807) is 12.1 Å². The molecule has 0 radical (unpaired) electrons. The summed E-state index contributed by atoms with van der Waals surface area (Å²) in [5, 5.41) is 0. The van der Waals surface area contributed by atoms with Crippen LogP contribution in [-0.4, -0.2) is 18.5 Å². The molecule has 4 N–H and O–H groups in total. The van der Waals surface area contributed by atoms with Crippen LogP contribution in [0.15, 0.2) is 18.2 Å². The molecule has 0 fully saturated rings. The van der Waals surface area contributed by atoms with Crippen LogP contribution in [0.25, 0.3) is 0 Å². The number of rotatable bonds is 5. The number of hydrogen-bond donors (Lipinski definition) is 2. The van der Waals surface area contributed by atoms with Crippen LogP contribution in [0.5, 0.6) is 0 Å². The zero-order valence-corrected chi connectivity index (χ0v) is 10.7. The quantitative estimate of drug-likeness (QED) is 0.767. The summed E-state index contributed by atoms with van der Waals surface area (Å²) in [6, 6.07) is 5.81. The van der Waals surface area contributed by atoms with Gasteiger partial charge >= 0.3 is 0 Å². The van der Waals surface area contributed by atoms with Gasteiger partial charge < -0.3 is 16.4 Å². The van der Waals surface area contributed by atoms with E-state index in [1.165, 1.54) is 0 Å². The fourth-order valence-corrected chi connectivity index (χ4v) is 1.86. The number of nitrogen functional groups attached to an aromatic ring is 1. The van der Waals surface area contributed by atoms with E-state index < -0.39 is 5.91 Å². The Hall–Kier alpha value is -1.71. The van der Waals surface area contributed by atoms with Crippen molar-refractivity contribution in [3.8, 4) is 0 Å². The SMILES string of the molecule is CCCN(c1ccc(N)c(C(N)=O)c1)C(C)C. The van der Waals surface area contributed by atoms with E-state index in [-0.39, 0.29) is 0 Å². The van der Waals surface area contributed by atoms with Crippen LogP contribution in [0.1, 0.15) is 37.6 Å². The number of carbonyl (C=O) groups excluding carboxylic acids is 1. The van der Waals surface area contributed by atoms with Gasteiger partial charge in [-0.2, -0.15) is 0 Å². The van der Waals surface area contributed by atoms with E-state index in [2.05, 4.69) is 25.7 Å². The lowest BCUT2D eigenvalue weighted by Gasteiger charge is -2.29. The van der Waals surface area contributed by atoms with Crippen molar-refractivity contribution in [2.45, 2.75) is 33.2 Å². The van der Waals surface area contributed by atoms with Crippen molar-refractivity contribution in [3.63, 3.8) is 0 Å². The highest BCUT2D eigenvalue weighted by atomic mass is 16.1. The molecule has 0 aromatic heterocycles. The summed E-state index contributed by atoms with van der Waals surface area (Å²) in [6.07, 6.45) is 1.05. The highest BCUT2D eigenvalue weighted by molar-refractivity contribution is 5.99. The molecule has 0 unspecified atom stereocenters. The van der Waals surface area contributed by atoms with Crippen molar-refractivity contribution in [2.24, 2.45) is 5.73 Å². The topological polar surface area (TPSA) is 72.3 Å². The maximum absolute atomic E-state index is 11.2. The Morgan fingerprint density at radius 2 is 2.06 bits per heavy atom. The van der Waals surface area contributed by atoms with Crippen LogP contribution >= 0.6 is 0 Å². The van der Waals surface area contributed by atoms with E-state index in [9.17, 15) is 4.79 Å². The average molecular weight is 235 g/mol. The van der Waals surface area contributed by atoms with Gasteiger partial charge in [0.1, 0.15) is 0 Å². The first kappa shape index (κ1) is 13.4. The number of carbonyl (C=O) groups is 1. The fraction of sp³-hybridized carbons (Fsp3) is 0.462. The van der Waals surface area contributed by atoms with E-state index in [4.69, 9.17) is 11.5 Å². The Morgan fingerprint density at radius 3 is 2.53 bits per heavy atom. The Morgan fingerprint density at radius 1 is 1.41 bits per heavy atom. The van der Waals surface area contributed by atoms with E-state index >= 15 is 0 Å². The Balaban J connectivity index is 3.12. The van der Waals surface area contributed by atoms with Gasteiger partial charge in [0.25, 0.3) is 5.91 Å². The number of benzene rings is 1. The zero-order chi connectivity index (χ0) is 13.0. The van der Waals surface area contributed by atoms with E-state index in [0.717, 1.165) is 18.7 Å². The third kappa shape index (κ3) is 3.12. The molecule has 0 aliphatic carbocycles. The smallest absolute Gasteiger partial charge is 0.250 e. The number of amides is 1. The van der Waals surface area contributed by atoms with Gasteiger partial charge in [-0.15, -0.1) is 0 Å². The molecule has 94 valence electrons. The molecule has 0 bridgehead atoms. The second-order valence-electron chi connectivity index (χ2n) is 4.42. The lowest BCUT2D eigenvalue weighted by Crippen LogP contribution is -2.31. The van der Waals surface area contributed by atoms with Gasteiger partial charge in [0, 0.05) is 24.0 Å². The number of primary amides is 1. The molecule has 0 aliphatic heterocycles. The summed E-state index contributed by atoms with van der Waals surface area (Å²) in [5.74, 6) is -0.482. The number of nitrogens with two attached hydrogens (primary N) is 2. The molecule has 17 heavy (non-hydrogen) atoms. The third-order valence-electron chi connectivity index (χ3n) is 2.72. The average Bonchev–Trinajstić information content (AvgIpc) is 2.26. The first-order chi connectivity index (χ1) is 7.97. The summed E-state index contributed by atoms with van der Waals surface area (Å²) in [4.78, 5) is 13.5. The molecule has 1 aromatic carbocycles. The van der Waals surface area contributed by atoms with Crippen LogP contribution in [0, 0.1) is 0 Å². The Labute approximate surface area is 103 Å². The molecule has 0 saturated heterocycles. The predicted octanol–water partition coefficient (Wildman–Crippen LogP) is 1.99. The van der Waals surface area contributed by atoms with Gasteiger partial charge in [-0.1, -0.05) is 6.92 Å². The molecule has 0 saturated carbocycles.